The summed E-state index contributed by atoms with van der Waals surface area (Å²) in [5.74, 6) is 0.144. The summed E-state index contributed by atoms with van der Waals surface area (Å²) in [5.41, 5.74) is 6.64. The van der Waals surface area contributed by atoms with E-state index in [2.05, 4.69) is 12.2 Å². The van der Waals surface area contributed by atoms with E-state index in [1.54, 1.807) is 0 Å². The molecule has 1 aliphatic carbocycles. The quantitative estimate of drug-likeness (QED) is 0.899. The molecule has 0 bridgehead atoms. The number of anilines is 1. The number of carbonyl (C=O) groups excluding carboxylic acids is 2. The molecule has 116 valence electrons. The van der Waals surface area contributed by atoms with Crippen LogP contribution in [0, 0.1) is 11.3 Å². The summed E-state index contributed by atoms with van der Waals surface area (Å²) in [6.45, 7) is 7.76. The minimum absolute atomic E-state index is 0.0874. The van der Waals surface area contributed by atoms with Gasteiger partial charge in [0.25, 0.3) is 5.91 Å². The molecule has 1 aromatic heterocycles. The molecule has 21 heavy (non-hydrogen) atoms. The lowest BCUT2D eigenvalue weighted by Crippen LogP contribution is -2.28. The number of fused-ring (bicyclic) bond motifs is 1. The first-order valence-corrected chi connectivity index (χ1v) is 8.31. The Labute approximate surface area is 130 Å². The fourth-order valence-electron chi connectivity index (χ4n) is 2.64. The van der Waals surface area contributed by atoms with E-state index in [1.807, 2.05) is 20.8 Å². The van der Waals surface area contributed by atoms with Crippen molar-refractivity contribution >= 4 is 28.2 Å². The summed E-state index contributed by atoms with van der Waals surface area (Å²) in [5, 5.41) is 3.53. The first-order valence-electron chi connectivity index (χ1n) is 7.49. The lowest BCUT2D eigenvalue weighted by atomic mass is 9.85. The molecule has 0 spiro atoms. The van der Waals surface area contributed by atoms with E-state index in [-0.39, 0.29) is 5.91 Å². The highest BCUT2D eigenvalue weighted by atomic mass is 32.1. The van der Waals surface area contributed by atoms with Gasteiger partial charge in [0, 0.05) is 10.3 Å². The molecule has 2 amide bonds. The predicted molar refractivity (Wildman–Crippen MR) is 86.7 cm³/mol. The van der Waals surface area contributed by atoms with Gasteiger partial charge in [-0.05, 0) is 30.7 Å². The van der Waals surface area contributed by atoms with Gasteiger partial charge >= 0.3 is 0 Å². The van der Waals surface area contributed by atoms with Crippen molar-refractivity contribution in [3.63, 3.8) is 0 Å². The molecular formula is C16H24N2O2S. The number of primary amides is 1. The number of hydrogen-bond acceptors (Lipinski definition) is 3. The molecule has 4 nitrogen and oxygen atoms in total. The molecule has 0 saturated heterocycles. The second-order valence-electron chi connectivity index (χ2n) is 6.79. The first-order chi connectivity index (χ1) is 9.74. The maximum Gasteiger partial charge on any atom is 0.251 e. The Bertz CT molecular complexity index is 570. The van der Waals surface area contributed by atoms with Gasteiger partial charge in [-0.25, -0.2) is 0 Å². The Morgan fingerprint density at radius 1 is 1.38 bits per heavy atom. The molecule has 0 unspecified atom stereocenters. The predicted octanol–water partition coefficient (Wildman–Crippen LogP) is 3.35. The minimum Gasteiger partial charge on any atom is -0.365 e. The van der Waals surface area contributed by atoms with Crippen LogP contribution in [0.1, 0.15) is 61.3 Å². The van der Waals surface area contributed by atoms with Crippen LogP contribution in [0.2, 0.25) is 0 Å². The Balaban J connectivity index is 2.36. The van der Waals surface area contributed by atoms with Crippen LogP contribution in [-0.2, 0) is 17.6 Å². The molecule has 1 aliphatic rings. The number of nitrogens with one attached hydrogen (secondary N) is 1. The largest absolute Gasteiger partial charge is 0.365 e. The van der Waals surface area contributed by atoms with Crippen molar-refractivity contribution in [2.45, 2.75) is 53.4 Å². The zero-order chi connectivity index (χ0) is 15.8. The van der Waals surface area contributed by atoms with E-state index >= 15 is 0 Å². The maximum atomic E-state index is 12.2. The SMILES string of the molecule is CC[C@@H]1CCc2c(sc(NC(=O)C(C)(C)C)c2C(N)=O)C1. The van der Waals surface area contributed by atoms with Crippen LogP contribution in [0.5, 0.6) is 0 Å². The zero-order valence-electron chi connectivity index (χ0n) is 13.2. The standard InChI is InChI=1S/C16H24N2O2S/c1-5-9-6-7-10-11(8-9)21-14(12(10)13(17)19)18-15(20)16(2,3)4/h9H,5-8H2,1-4H3,(H2,17,19)(H,18,20)/t9-/m1/s1. The summed E-state index contributed by atoms with van der Waals surface area (Å²) in [4.78, 5) is 25.2. The van der Waals surface area contributed by atoms with Crippen molar-refractivity contribution in [3.8, 4) is 0 Å². The number of hydrogen-bond donors (Lipinski definition) is 2. The molecule has 1 atom stereocenters. The molecule has 0 fully saturated rings. The molecule has 0 saturated carbocycles. The van der Waals surface area contributed by atoms with Gasteiger partial charge < -0.3 is 11.1 Å². The summed E-state index contributed by atoms with van der Waals surface area (Å²) in [7, 11) is 0. The van der Waals surface area contributed by atoms with E-state index in [0.29, 0.717) is 16.5 Å². The highest BCUT2D eigenvalue weighted by Crippen LogP contribution is 2.40. The lowest BCUT2D eigenvalue weighted by molar-refractivity contribution is -0.123. The van der Waals surface area contributed by atoms with Crippen LogP contribution in [0.15, 0.2) is 0 Å². The fraction of sp³-hybridized carbons (Fsp3) is 0.625. The second-order valence-corrected chi connectivity index (χ2v) is 7.90. The van der Waals surface area contributed by atoms with Crippen molar-refractivity contribution in [1.29, 1.82) is 0 Å². The summed E-state index contributed by atoms with van der Waals surface area (Å²) in [6.07, 6.45) is 4.11. The first kappa shape index (κ1) is 16.0. The number of thiophene rings is 1. The molecule has 3 N–H and O–H groups in total. The number of carbonyl (C=O) groups is 2. The Kier molecular flexibility index (Phi) is 4.42. The average molecular weight is 308 g/mol. The molecular weight excluding hydrogens is 284 g/mol. The molecule has 0 radical (unpaired) electrons. The van der Waals surface area contributed by atoms with Crippen molar-refractivity contribution in [3.05, 3.63) is 16.0 Å². The van der Waals surface area contributed by atoms with Gasteiger partial charge in [-0.15, -0.1) is 11.3 Å². The monoisotopic (exact) mass is 308 g/mol. The Morgan fingerprint density at radius 2 is 2.05 bits per heavy atom. The fourth-order valence-corrected chi connectivity index (χ4v) is 4.00. The lowest BCUT2D eigenvalue weighted by Gasteiger charge is -2.20. The van der Waals surface area contributed by atoms with Crippen molar-refractivity contribution in [1.82, 2.24) is 0 Å². The van der Waals surface area contributed by atoms with Gasteiger partial charge in [-0.2, -0.15) is 0 Å². The Hall–Kier alpha value is -1.36. The van der Waals surface area contributed by atoms with Crippen LogP contribution in [0.3, 0.4) is 0 Å². The number of rotatable bonds is 3. The third-order valence-electron chi connectivity index (χ3n) is 4.10. The van der Waals surface area contributed by atoms with E-state index in [0.717, 1.165) is 31.2 Å². The van der Waals surface area contributed by atoms with Crippen molar-refractivity contribution in [2.75, 3.05) is 5.32 Å². The van der Waals surface area contributed by atoms with E-state index in [9.17, 15) is 9.59 Å². The van der Waals surface area contributed by atoms with E-state index in [1.165, 1.54) is 16.2 Å². The van der Waals surface area contributed by atoms with E-state index < -0.39 is 11.3 Å². The molecule has 1 aromatic rings. The van der Waals surface area contributed by atoms with Crippen LogP contribution >= 0.6 is 11.3 Å². The van der Waals surface area contributed by atoms with Gasteiger partial charge in [0.05, 0.1) is 5.56 Å². The van der Waals surface area contributed by atoms with E-state index in [4.69, 9.17) is 5.73 Å². The van der Waals surface area contributed by atoms with Gasteiger partial charge in [-0.3, -0.25) is 9.59 Å². The van der Waals surface area contributed by atoms with Gasteiger partial charge in [0.2, 0.25) is 5.91 Å². The summed E-state index contributed by atoms with van der Waals surface area (Å²) in [6, 6.07) is 0. The van der Waals surface area contributed by atoms with Crippen molar-refractivity contribution < 1.29 is 9.59 Å². The van der Waals surface area contributed by atoms with Crippen LogP contribution < -0.4 is 11.1 Å². The average Bonchev–Trinajstić information content (AvgIpc) is 2.74. The topological polar surface area (TPSA) is 72.2 Å². The third-order valence-corrected chi connectivity index (χ3v) is 5.27. The summed E-state index contributed by atoms with van der Waals surface area (Å²) < 4.78 is 0. The third kappa shape index (κ3) is 3.28. The molecule has 0 aromatic carbocycles. The molecule has 5 heteroatoms. The Morgan fingerprint density at radius 3 is 2.57 bits per heavy atom. The highest BCUT2D eigenvalue weighted by molar-refractivity contribution is 7.17. The number of amides is 2. The van der Waals surface area contributed by atoms with Gasteiger partial charge in [0.15, 0.2) is 0 Å². The zero-order valence-corrected chi connectivity index (χ0v) is 14.0. The second kappa shape index (κ2) is 5.79. The van der Waals surface area contributed by atoms with Crippen molar-refractivity contribution in [2.24, 2.45) is 17.1 Å². The maximum absolute atomic E-state index is 12.2. The van der Waals surface area contributed by atoms with Crippen LogP contribution in [-0.4, -0.2) is 11.8 Å². The van der Waals surface area contributed by atoms with Gasteiger partial charge in [-0.1, -0.05) is 34.1 Å². The smallest absolute Gasteiger partial charge is 0.251 e. The molecule has 0 aliphatic heterocycles. The highest BCUT2D eigenvalue weighted by Gasteiger charge is 2.30. The van der Waals surface area contributed by atoms with Crippen LogP contribution in [0.4, 0.5) is 5.00 Å². The molecule has 2 rings (SSSR count). The minimum atomic E-state index is -0.495. The van der Waals surface area contributed by atoms with Crippen LogP contribution in [0.25, 0.3) is 0 Å². The summed E-state index contributed by atoms with van der Waals surface area (Å²) >= 11 is 1.52. The number of nitrogens with two attached hydrogens (primary N) is 1. The van der Waals surface area contributed by atoms with Gasteiger partial charge in [0.1, 0.15) is 5.00 Å². The normalized spacial score (nSPS) is 18.2. The molecule has 1 heterocycles.